The van der Waals surface area contributed by atoms with E-state index in [1.54, 1.807) is 0 Å². The molecule has 1 N–H and O–H groups in total. The van der Waals surface area contributed by atoms with E-state index in [2.05, 4.69) is 169 Å². The van der Waals surface area contributed by atoms with Crippen LogP contribution in [0.5, 0.6) is 5.75 Å². The summed E-state index contributed by atoms with van der Waals surface area (Å²) in [5, 5.41) is 3.52. The molecule has 0 saturated carbocycles. The molecule has 0 amide bonds. The molecule has 13 rings (SSSR count). The molecule has 61 heavy (non-hydrogen) atoms. The summed E-state index contributed by atoms with van der Waals surface area (Å²) < 4.78 is 12.4. The van der Waals surface area contributed by atoms with Crippen LogP contribution in [0, 0.1) is 0 Å². The molecule has 2 aliphatic carbocycles. The lowest BCUT2D eigenvalue weighted by Crippen LogP contribution is -2.25. The van der Waals surface area contributed by atoms with Gasteiger partial charge in [0.15, 0.2) is 11.8 Å². The Labute approximate surface area is 353 Å². The lowest BCUT2D eigenvalue weighted by molar-refractivity contribution is 0.260. The van der Waals surface area contributed by atoms with Crippen LogP contribution in [-0.4, -0.2) is 4.98 Å². The summed E-state index contributed by atoms with van der Waals surface area (Å²) in [5.41, 5.74) is 21.7. The zero-order valence-corrected chi connectivity index (χ0v) is 33.0. The Balaban J connectivity index is 0.956. The van der Waals surface area contributed by atoms with Crippen molar-refractivity contribution in [2.24, 2.45) is 0 Å². The number of anilines is 1. The van der Waals surface area contributed by atoms with E-state index in [0.717, 1.165) is 61.5 Å². The van der Waals surface area contributed by atoms with E-state index < -0.39 is 5.41 Å². The van der Waals surface area contributed by atoms with Crippen molar-refractivity contribution < 1.29 is 9.15 Å². The first-order chi connectivity index (χ1) is 30.2. The number of oxazole rings is 1. The maximum absolute atomic E-state index is 6.27. The number of hydrogen-bond acceptors (Lipinski definition) is 4. The number of nitrogens with zero attached hydrogens (tertiary/aromatic N) is 1. The van der Waals surface area contributed by atoms with Gasteiger partial charge in [-0.05, 0) is 139 Å². The third kappa shape index (κ3) is 5.09. The highest BCUT2D eigenvalue weighted by Crippen LogP contribution is 2.63. The number of ether oxygens (including phenoxy) is 1. The second-order valence-electron chi connectivity index (χ2n) is 16.3. The smallest absolute Gasteiger partial charge is 0.227 e. The predicted molar refractivity (Wildman–Crippen MR) is 245 cm³/mol. The highest BCUT2D eigenvalue weighted by Gasteiger charge is 2.51. The van der Waals surface area contributed by atoms with Crippen LogP contribution in [0.25, 0.3) is 78.2 Å². The molecule has 1 aliphatic heterocycles. The van der Waals surface area contributed by atoms with Crippen LogP contribution < -0.4 is 10.1 Å². The maximum atomic E-state index is 6.27. The SMILES string of the molecule is c1ccc2c(c1)NC(c1ccc(-c3cc(-c4ccc(-c5nc6ccccc6o5)cc4)cc(-c4ccc5c(c4)C4(c6ccccc6-c6ccccc64)c4ccccc4-5)c3)cc1)O2. The summed E-state index contributed by atoms with van der Waals surface area (Å²) in [6.07, 6.45) is -0.234. The van der Waals surface area contributed by atoms with Crippen molar-refractivity contribution in [2.75, 3.05) is 5.32 Å². The summed E-state index contributed by atoms with van der Waals surface area (Å²) in [6, 6.07) is 74.5. The maximum Gasteiger partial charge on any atom is 0.227 e. The lowest BCUT2D eigenvalue weighted by atomic mass is 9.70. The Hall–Kier alpha value is -7.95. The van der Waals surface area contributed by atoms with Crippen LogP contribution in [0.15, 0.2) is 211 Å². The molecule has 3 aliphatic rings. The van der Waals surface area contributed by atoms with E-state index in [9.17, 15) is 0 Å². The summed E-state index contributed by atoms with van der Waals surface area (Å²) in [4.78, 5) is 4.76. The molecular formula is C57H36N2O2. The van der Waals surface area contributed by atoms with Crippen molar-refractivity contribution in [3.05, 3.63) is 234 Å². The summed E-state index contributed by atoms with van der Waals surface area (Å²) in [6.45, 7) is 0. The van der Waals surface area contributed by atoms with Crippen molar-refractivity contribution in [3.8, 4) is 72.8 Å². The van der Waals surface area contributed by atoms with E-state index in [4.69, 9.17) is 14.1 Å². The Morgan fingerprint density at radius 3 is 1.56 bits per heavy atom. The zero-order valence-electron chi connectivity index (χ0n) is 33.0. The minimum absolute atomic E-state index is 0.234. The van der Waals surface area contributed by atoms with Crippen molar-refractivity contribution in [3.63, 3.8) is 0 Å². The molecule has 0 fully saturated rings. The van der Waals surface area contributed by atoms with Crippen molar-refractivity contribution in [2.45, 2.75) is 11.6 Å². The molecule has 1 spiro atoms. The fourth-order valence-corrected chi connectivity index (χ4v) is 10.2. The van der Waals surface area contributed by atoms with Crippen molar-refractivity contribution in [1.82, 2.24) is 4.98 Å². The van der Waals surface area contributed by atoms with Gasteiger partial charge >= 0.3 is 0 Å². The number of fused-ring (bicyclic) bond motifs is 12. The molecule has 9 aromatic carbocycles. The van der Waals surface area contributed by atoms with Gasteiger partial charge in [0.2, 0.25) is 5.89 Å². The average molecular weight is 781 g/mol. The van der Waals surface area contributed by atoms with Gasteiger partial charge in [-0.25, -0.2) is 4.98 Å². The molecule has 0 bridgehead atoms. The first kappa shape index (κ1) is 34.0. The highest BCUT2D eigenvalue weighted by molar-refractivity contribution is 5.96. The van der Waals surface area contributed by atoms with E-state index in [-0.39, 0.29) is 6.23 Å². The summed E-state index contributed by atoms with van der Waals surface area (Å²) in [5.74, 6) is 1.49. The van der Waals surface area contributed by atoms with E-state index in [1.807, 2.05) is 42.5 Å². The number of aromatic nitrogens is 1. The minimum atomic E-state index is -0.415. The normalized spacial score (nSPS) is 14.8. The minimum Gasteiger partial charge on any atom is -0.464 e. The third-order valence-electron chi connectivity index (χ3n) is 13.0. The van der Waals surface area contributed by atoms with E-state index >= 15 is 0 Å². The van der Waals surface area contributed by atoms with Crippen molar-refractivity contribution in [1.29, 1.82) is 0 Å². The monoisotopic (exact) mass is 780 g/mol. The first-order valence-corrected chi connectivity index (χ1v) is 20.9. The number of nitrogens with one attached hydrogen (secondary N) is 1. The average Bonchev–Trinajstić information content (AvgIpc) is 4.10. The molecule has 4 nitrogen and oxygen atoms in total. The van der Waals surface area contributed by atoms with Gasteiger partial charge in [-0.2, -0.15) is 0 Å². The van der Waals surface area contributed by atoms with E-state index in [1.165, 1.54) is 50.1 Å². The summed E-state index contributed by atoms with van der Waals surface area (Å²) in [7, 11) is 0. The second kappa shape index (κ2) is 13.0. The Morgan fingerprint density at radius 1 is 0.410 bits per heavy atom. The molecule has 4 heteroatoms. The number of benzene rings is 9. The molecule has 286 valence electrons. The van der Waals surface area contributed by atoms with Crippen LogP contribution >= 0.6 is 0 Å². The molecule has 1 aromatic heterocycles. The molecular weight excluding hydrogens is 745 g/mol. The number of rotatable bonds is 5. The quantitative estimate of drug-likeness (QED) is 0.189. The van der Waals surface area contributed by atoms with Gasteiger partial charge in [0, 0.05) is 11.1 Å². The Bertz CT molecular complexity index is 3260. The Kier molecular flexibility index (Phi) is 7.25. The van der Waals surface area contributed by atoms with Crippen molar-refractivity contribution >= 4 is 16.8 Å². The lowest BCUT2D eigenvalue weighted by Gasteiger charge is -2.30. The third-order valence-corrected chi connectivity index (χ3v) is 13.0. The molecule has 1 unspecified atom stereocenters. The van der Waals surface area contributed by atoms with Crippen LogP contribution in [0.1, 0.15) is 34.0 Å². The molecule has 0 radical (unpaired) electrons. The Morgan fingerprint density at radius 2 is 0.918 bits per heavy atom. The number of para-hydroxylation sites is 4. The van der Waals surface area contributed by atoms with Gasteiger partial charge in [0.05, 0.1) is 11.1 Å². The van der Waals surface area contributed by atoms with Gasteiger partial charge < -0.3 is 14.5 Å². The highest BCUT2D eigenvalue weighted by atomic mass is 16.5. The fourth-order valence-electron chi connectivity index (χ4n) is 10.2. The van der Waals surface area contributed by atoms with Gasteiger partial charge in [-0.1, -0.05) is 146 Å². The van der Waals surface area contributed by atoms with Crippen LogP contribution in [-0.2, 0) is 5.41 Å². The predicted octanol–water partition coefficient (Wildman–Crippen LogP) is 14.3. The second-order valence-corrected chi connectivity index (χ2v) is 16.3. The summed E-state index contributed by atoms with van der Waals surface area (Å²) >= 11 is 0. The van der Waals surface area contributed by atoms with Gasteiger partial charge in [0.1, 0.15) is 11.3 Å². The van der Waals surface area contributed by atoms with Gasteiger partial charge in [0.25, 0.3) is 0 Å². The topological polar surface area (TPSA) is 47.3 Å². The molecule has 0 saturated heterocycles. The van der Waals surface area contributed by atoms with Gasteiger partial charge in [-0.3, -0.25) is 0 Å². The van der Waals surface area contributed by atoms with Crippen LogP contribution in [0.3, 0.4) is 0 Å². The largest absolute Gasteiger partial charge is 0.464 e. The van der Waals surface area contributed by atoms with Gasteiger partial charge in [-0.15, -0.1) is 0 Å². The molecule has 10 aromatic rings. The van der Waals surface area contributed by atoms with Crippen LogP contribution in [0.2, 0.25) is 0 Å². The first-order valence-electron chi connectivity index (χ1n) is 20.9. The molecule has 2 heterocycles. The van der Waals surface area contributed by atoms with Crippen LogP contribution in [0.4, 0.5) is 5.69 Å². The number of hydrogen-bond donors (Lipinski definition) is 1. The molecule has 1 atom stereocenters. The fraction of sp³-hybridized carbons (Fsp3) is 0.0351. The van der Waals surface area contributed by atoms with E-state index in [0.29, 0.717) is 5.89 Å². The standard InChI is InChI=1S/C57H36N2O2/c1-4-14-47-43(11-1)44-12-2-5-15-48(44)57(47)49-16-6-3-13-45(49)46-30-29-39(34-50(46)57)42-32-40(35-21-25-37(26-22-35)55-58-51-17-7-9-19-53(51)60-55)31-41(33-42)36-23-27-38(28-24-36)56-59-52-18-8-10-20-54(52)61-56/h1-34,55,58H. The zero-order chi connectivity index (χ0) is 40.1.